The summed E-state index contributed by atoms with van der Waals surface area (Å²) >= 11 is 0.644. The maximum absolute atomic E-state index is 12.0. The van der Waals surface area contributed by atoms with Crippen molar-refractivity contribution in [2.75, 3.05) is 32.9 Å². The Morgan fingerprint density at radius 1 is 1.21 bits per heavy atom. The van der Waals surface area contributed by atoms with Gasteiger partial charge in [0.15, 0.2) is 9.84 Å². The third-order valence-electron chi connectivity index (χ3n) is 2.20. The molecule has 0 heterocycles. The van der Waals surface area contributed by atoms with E-state index in [1.54, 1.807) is 0 Å². The number of hydrogen-bond acceptors (Lipinski definition) is 6. The molecular weight excluding hydrogens is 314 g/mol. The first kappa shape index (κ1) is 18.2. The zero-order chi connectivity index (χ0) is 15.4. The van der Waals surface area contributed by atoms with Crippen LogP contribution in [0.4, 0.5) is 9.59 Å². The molecule has 0 aromatic carbocycles. The molecule has 19 heavy (non-hydrogen) atoms. The van der Waals surface area contributed by atoms with E-state index in [0.29, 0.717) is 16.7 Å². The molecule has 2 atom stereocenters. The minimum absolute atomic E-state index is 0.420. The molecule has 0 aromatic heterocycles. The van der Waals surface area contributed by atoms with Gasteiger partial charge in [-0.2, -0.15) is 0 Å². The maximum atomic E-state index is 12.0. The Bertz CT molecular complexity index is 476. The first-order valence-electron chi connectivity index (χ1n) is 4.92. The van der Waals surface area contributed by atoms with Crippen LogP contribution in [0.5, 0.6) is 0 Å². The molecule has 0 aliphatic carbocycles. The Balaban J connectivity index is 6.29. The SMILES string of the molecule is CNC(=O)N(C(=O)NC)C(SC)(S(C)=O)S(C)(=O)=O. The lowest BCUT2D eigenvalue weighted by Gasteiger charge is -2.36. The predicted molar refractivity (Wildman–Crippen MR) is 75.9 cm³/mol. The second kappa shape index (κ2) is 6.57. The third-order valence-corrected chi connectivity index (χ3v) is 9.15. The number of carbonyl (C=O) groups is 2. The Kier molecular flexibility index (Phi) is 6.29. The zero-order valence-electron chi connectivity index (χ0n) is 11.2. The fourth-order valence-corrected chi connectivity index (χ4v) is 6.56. The number of thioether (sulfide) groups is 1. The number of amides is 4. The number of sulfone groups is 1. The first-order valence-corrected chi connectivity index (χ1v) is 9.59. The van der Waals surface area contributed by atoms with Gasteiger partial charge in [0.1, 0.15) is 0 Å². The molecule has 112 valence electrons. The number of rotatable bonds is 4. The minimum Gasteiger partial charge on any atom is -0.341 e. The van der Waals surface area contributed by atoms with Gasteiger partial charge in [-0.15, -0.1) is 11.8 Å². The van der Waals surface area contributed by atoms with Crippen LogP contribution in [-0.2, 0) is 20.6 Å². The predicted octanol–water partition coefficient (Wildman–Crippen LogP) is -0.635. The number of carbonyl (C=O) groups excluding carboxylic acids is 2. The number of imide groups is 1. The van der Waals surface area contributed by atoms with Crippen molar-refractivity contribution < 1.29 is 22.2 Å². The molecule has 0 fully saturated rings. The lowest BCUT2D eigenvalue weighted by molar-refractivity contribution is 0.188. The molecule has 2 unspecified atom stereocenters. The lowest BCUT2D eigenvalue weighted by atomic mass is 10.7. The second-order valence-electron chi connectivity index (χ2n) is 3.40. The van der Waals surface area contributed by atoms with E-state index in [0.717, 1.165) is 12.5 Å². The topological polar surface area (TPSA) is 113 Å². The molecule has 0 bridgehead atoms. The van der Waals surface area contributed by atoms with E-state index in [1.165, 1.54) is 20.4 Å². The monoisotopic (exact) mass is 331 g/mol. The van der Waals surface area contributed by atoms with Crippen LogP contribution in [-0.4, -0.2) is 66.0 Å². The highest BCUT2D eigenvalue weighted by atomic mass is 32.3. The molecule has 0 saturated heterocycles. The summed E-state index contributed by atoms with van der Waals surface area (Å²) in [5, 5.41) is 4.32. The third kappa shape index (κ3) is 3.20. The smallest absolute Gasteiger partial charge is 0.328 e. The fraction of sp³-hybridized carbons (Fsp3) is 0.750. The highest BCUT2D eigenvalue weighted by Gasteiger charge is 2.55. The van der Waals surface area contributed by atoms with E-state index >= 15 is 0 Å². The van der Waals surface area contributed by atoms with Crippen molar-refractivity contribution in [2.45, 2.75) is 3.54 Å². The van der Waals surface area contributed by atoms with Crippen LogP contribution < -0.4 is 10.6 Å². The zero-order valence-corrected chi connectivity index (χ0v) is 13.7. The van der Waals surface area contributed by atoms with Crippen molar-refractivity contribution in [2.24, 2.45) is 0 Å². The molecule has 0 rings (SSSR count). The summed E-state index contributed by atoms with van der Waals surface area (Å²) in [6, 6.07) is -1.93. The van der Waals surface area contributed by atoms with E-state index in [2.05, 4.69) is 10.6 Å². The Labute approximate surface area is 119 Å². The molecule has 0 saturated carbocycles. The van der Waals surface area contributed by atoms with Gasteiger partial charge >= 0.3 is 12.1 Å². The molecule has 0 spiro atoms. The number of nitrogens with one attached hydrogen (secondary N) is 2. The van der Waals surface area contributed by atoms with Gasteiger partial charge in [-0.05, 0) is 6.26 Å². The van der Waals surface area contributed by atoms with Gasteiger partial charge in [0, 0.05) is 26.6 Å². The summed E-state index contributed by atoms with van der Waals surface area (Å²) in [6.45, 7) is 0. The van der Waals surface area contributed by atoms with Crippen molar-refractivity contribution in [3.05, 3.63) is 0 Å². The summed E-state index contributed by atoms with van der Waals surface area (Å²) in [6.07, 6.45) is 3.31. The fourth-order valence-electron chi connectivity index (χ4n) is 1.43. The maximum Gasteiger partial charge on any atom is 0.328 e. The van der Waals surface area contributed by atoms with Crippen LogP contribution >= 0.6 is 11.8 Å². The van der Waals surface area contributed by atoms with Gasteiger partial charge in [-0.25, -0.2) is 22.9 Å². The van der Waals surface area contributed by atoms with E-state index in [-0.39, 0.29) is 0 Å². The van der Waals surface area contributed by atoms with Crippen molar-refractivity contribution in [3.8, 4) is 0 Å². The van der Waals surface area contributed by atoms with Crippen molar-refractivity contribution in [1.29, 1.82) is 0 Å². The summed E-state index contributed by atoms with van der Waals surface area (Å²) in [5.74, 6) is 0. The van der Waals surface area contributed by atoms with Crippen LogP contribution in [0.3, 0.4) is 0 Å². The van der Waals surface area contributed by atoms with E-state index in [4.69, 9.17) is 0 Å². The van der Waals surface area contributed by atoms with Crippen molar-refractivity contribution in [1.82, 2.24) is 15.5 Å². The van der Waals surface area contributed by atoms with E-state index < -0.39 is 36.2 Å². The first-order chi connectivity index (χ1) is 8.59. The molecule has 0 aliphatic heterocycles. The Morgan fingerprint density at radius 3 is 1.74 bits per heavy atom. The summed E-state index contributed by atoms with van der Waals surface area (Å²) < 4.78 is 33.7. The molecule has 0 aliphatic rings. The van der Waals surface area contributed by atoms with Crippen LogP contribution in [0, 0.1) is 0 Å². The largest absolute Gasteiger partial charge is 0.341 e. The molecule has 4 amide bonds. The molecule has 0 radical (unpaired) electrons. The molecule has 8 nitrogen and oxygen atoms in total. The van der Waals surface area contributed by atoms with Gasteiger partial charge in [0.2, 0.25) is 0 Å². The number of urea groups is 2. The molecular formula is C8H17N3O5S3. The minimum atomic E-state index is -4.02. The quantitative estimate of drug-likeness (QED) is 0.663. The number of hydrogen-bond donors (Lipinski definition) is 2. The number of nitrogens with zero attached hydrogens (tertiary/aromatic N) is 1. The second-order valence-corrected chi connectivity index (χ2v) is 8.81. The van der Waals surface area contributed by atoms with Gasteiger partial charge in [0.05, 0.1) is 10.8 Å². The molecule has 11 heteroatoms. The van der Waals surface area contributed by atoms with Crippen LogP contribution in [0.15, 0.2) is 0 Å². The standard InChI is InChI=1S/C8H17N3O5S3/c1-9-6(12)11(7(13)10-2)8(17-3,18(4)14)19(5,15)16/h1-5H3,(H,9,12)(H,10,13). The van der Waals surface area contributed by atoms with Gasteiger partial charge in [-0.1, -0.05) is 0 Å². The van der Waals surface area contributed by atoms with Crippen LogP contribution in [0.25, 0.3) is 0 Å². The molecule has 0 aromatic rings. The Hall–Kier alpha value is -0.810. The van der Waals surface area contributed by atoms with Gasteiger partial charge in [0.25, 0.3) is 3.54 Å². The average molecular weight is 331 g/mol. The van der Waals surface area contributed by atoms with Gasteiger partial charge < -0.3 is 10.6 Å². The Morgan fingerprint density at radius 2 is 1.58 bits per heavy atom. The van der Waals surface area contributed by atoms with Crippen molar-refractivity contribution in [3.63, 3.8) is 0 Å². The average Bonchev–Trinajstić information content (AvgIpc) is 2.31. The molecule has 2 N–H and O–H groups in total. The van der Waals surface area contributed by atoms with E-state index in [9.17, 15) is 22.2 Å². The van der Waals surface area contributed by atoms with Gasteiger partial charge in [-0.3, -0.25) is 4.21 Å². The highest BCUT2D eigenvalue weighted by Crippen LogP contribution is 2.36. The van der Waals surface area contributed by atoms with Crippen molar-refractivity contribution >= 4 is 44.5 Å². The highest BCUT2D eigenvalue weighted by molar-refractivity contribution is 8.26. The van der Waals surface area contributed by atoms with E-state index in [1.807, 2.05) is 0 Å². The summed E-state index contributed by atoms with van der Waals surface area (Å²) in [4.78, 5) is 24.0. The normalized spacial score (nSPS) is 16.1. The van der Waals surface area contributed by atoms with Crippen LogP contribution in [0.2, 0.25) is 0 Å². The summed E-state index contributed by atoms with van der Waals surface area (Å²) in [5.41, 5.74) is 0. The van der Waals surface area contributed by atoms with Crippen LogP contribution in [0.1, 0.15) is 0 Å². The summed E-state index contributed by atoms with van der Waals surface area (Å²) in [7, 11) is -3.56. The lowest BCUT2D eigenvalue weighted by Crippen LogP contribution is -2.62.